The molecule has 0 radical (unpaired) electrons. The first-order valence-electron chi connectivity index (χ1n) is 11.8. The molecule has 0 atom stereocenters. The second-order valence-corrected chi connectivity index (χ2v) is 8.74. The largest absolute Gasteiger partial charge is 0.493 e. The third-order valence-electron chi connectivity index (χ3n) is 6.40. The SMILES string of the molecule is COc1cc(C2=CNC(C3CCCCCC3)=NC2)cc(OC)c1OCc1ccc(C(F)(F)F)cn1. The number of pyridine rings is 1. The second kappa shape index (κ2) is 11.0. The van der Waals surface area contributed by atoms with Gasteiger partial charge in [-0.25, -0.2) is 0 Å². The molecule has 1 aliphatic carbocycles. The first-order chi connectivity index (χ1) is 16.9. The minimum Gasteiger partial charge on any atom is -0.493 e. The van der Waals surface area contributed by atoms with Crippen LogP contribution in [-0.2, 0) is 12.8 Å². The highest BCUT2D eigenvalue weighted by Crippen LogP contribution is 2.41. The molecule has 9 heteroatoms. The van der Waals surface area contributed by atoms with Crippen LogP contribution < -0.4 is 19.5 Å². The van der Waals surface area contributed by atoms with E-state index >= 15 is 0 Å². The lowest BCUT2D eigenvalue weighted by molar-refractivity contribution is -0.137. The minimum absolute atomic E-state index is 0.0382. The maximum absolute atomic E-state index is 12.8. The van der Waals surface area contributed by atoms with E-state index in [4.69, 9.17) is 19.2 Å². The highest BCUT2D eigenvalue weighted by atomic mass is 19.4. The van der Waals surface area contributed by atoms with E-state index in [9.17, 15) is 13.2 Å². The van der Waals surface area contributed by atoms with Gasteiger partial charge in [-0.2, -0.15) is 13.2 Å². The average molecular weight is 490 g/mol. The van der Waals surface area contributed by atoms with Gasteiger partial charge in [0.05, 0.1) is 32.0 Å². The lowest BCUT2D eigenvalue weighted by Crippen LogP contribution is -2.30. The van der Waals surface area contributed by atoms with Gasteiger partial charge in [-0.05, 0) is 48.2 Å². The van der Waals surface area contributed by atoms with Crippen LogP contribution in [0.4, 0.5) is 13.2 Å². The Hall–Kier alpha value is -3.23. The van der Waals surface area contributed by atoms with Crippen molar-refractivity contribution in [3.8, 4) is 17.2 Å². The summed E-state index contributed by atoms with van der Waals surface area (Å²) in [5, 5.41) is 3.40. The van der Waals surface area contributed by atoms with Crippen LogP contribution in [0.5, 0.6) is 17.2 Å². The molecule has 1 N–H and O–H groups in total. The maximum Gasteiger partial charge on any atom is 0.417 e. The Kier molecular flexibility index (Phi) is 7.83. The highest BCUT2D eigenvalue weighted by Gasteiger charge is 2.30. The summed E-state index contributed by atoms with van der Waals surface area (Å²) in [7, 11) is 3.05. The summed E-state index contributed by atoms with van der Waals surface area (Å²) in [6.45, 7) is 0.518. The van der Waals surface area contributed by atoms with Gasteiger partial charge in [0.2, 0.25) is 5.75 Å². The summed E-state index contributed by atoms with van der Waals surface area (Å²) in [6.07, 6.45) is 5.81. The van der Waals surface area contributed by atoms with Gasteiger partial charge in [0, 0.05) is 18.3 Å². The van der Waals surface area contributed by atoms with Crippen molar-refractivity contribution < 1.29 is 27.4 Å². The van der Waals surface area contributed by atoms with Crippen LogP contribution in [0.15, 0.2) is 41.7 Å². The molecule has 1 saturated carbocycles. The number of aliphatic imine (C=N–C) groups is 1. The fourth-order valence-corrected chi connectivity index (χ4v) is 4.43. The normalized spacial score (nSPS) is 17.1. The predicted octanol–water partition coefficient (Wildman–Crippen LogP) is 6.01. The summed E-state index contributed by atoms with van der Waals surface area (Å²) < 4.78 is 55.3. The van der Waals surface area contributed by atoms with Crippen molar-refractivity contribution >= 4 is 11.4 Å². The van der Waals surface area contributed by atoms with Gasteiger partial charge in [-0.3, -0.25) is 9.98 Å². The van der Waals surface area contributed by atoms with E-state index in [1.165, 1.54) is 58.8 Å². The molecule has 1 aliphatic heterocycles. The fraction of sp³-hybridized carbons (Fsp3) is 0.462. The van der Waals surface area contributed by atoms with Crippen molar-refractivity contribution in [2.75, 3.05) is 20.8 Å². The number of nitrogens with one attached hydrogen (secondary N) is 1. The highest BCUT2D eigenvalue weighted by molar-refractivity contribution is 5.90. The third-order valence-corrected chi connectivity index (χ3v) is 6.40. The number of aromatic nitrogens is 1. The molecule has 0 spiro atoms. The Morgan fingerprint density at radius 3 is 2.20 bits per heavy atom. The van der Waals surface area contributed by atoms with E-state index in [0.29, 0.717) is 35.4 Å². The Morgan fingerprint density at radius 1 is 1.00 bits per heavy atom. The van der Waals surface area contributed by atoms with Crippen molar-refractivity contribution in [3.05, 3.63) is 53.5 Å². The molecular weight excluding hydrogens is 459 g/mol. The zero-order valence-electron chi connectivity index (χ0n) is 20.0. The molecule has 0 bridgehead atoms. The number of ether oxygens (including phenoxy) is 3. The maximum atomic E-state index is 12.8. The number of hydrogen-bond acceptors (Lipinski definition) is 6. The minimum atomic E-state index is -4.43. The Morgan fingerprint density at radius 2 is 1.69 bits per heavy atom. The van der Waals surface area contributed by atoms with Crippen molar-refractivity contribution in [1.82, 2.24) is 10.3 Å². The zero-order valence-corrected chi connectivity index (χ0v) is 20.0. The van der Waals surface area contributed by atoms with Crippen LogP contribution in [0.25, 0.3) is 5.57 Å². The Balaban J connectivity index is 1.47. The van der Waals surface area contributed by atoms with Crippen LogP contribution in [0, 0.1) is 5.92 Å². The number of methoxy groups -OCH3 is 2. The zero-order chi connectivity index (χ0) is 24.8. The van der Waals surface area contributed by atoms with Crippen molar-refractivity contribution in [2.24, 2.45) is 10.9 Å². The van der Waals surface area contributed by atoms with Crippen LogP contribution >= 0.6 is 0 Å². The standard InChI is InChI=1S/C26H30F3N3O3/c1-33-22-11-18(19-13-31-25(32-14-19)17-7-5-3-4-6-8-17)12-23(34-2)24(22)35-16-21-10-9-20(15-30-21)26(27,28)29/h9-13,15,17H,3-8,14,16H2,1-2H3,(H,31,32). The Labute approximate surface area is 203 Å². The van der Waals surface area contributed by atoms with Crippen LogP contribution in [0.2, 0.25) is 0 Å². The summed E-state index contributed by atoms with van der Waals surface area (Å²) >= 11 is 0. The van der Waals surface area contributed by atoms with E-state index in [-0.39, 0.29) is 6.61 Å². The molecule has 0 amide bonds. The number of amidine groups is 1. The molecule has 35 heavy (non-hydrogen) atoms. The molecule has 0 saturated heterocycles. The lowest BCUT2D eigenvalue weighted by atomic mass is 9.97. The van der Waals surface area contributed by atoms with Crippen molar-refractivity contribution in [1.29, 1.82) is 0 Å². The third kappa shape index (κ3) is 6.07. The Bertz CT molecular complexity index is 1050. The number of hydrogen-bond donors (Lipinski definition) is 1. The molecule has 1 fully saturated rings. The van der Waals surface area contributed by atoms with Gasteiger partial charge in [-0.1, -0.05) is 25.7 Å². The second-order valence-electron chi connectivity index (χ2n) is 8.74. The average Bonchev–Trinajstić information content (AvgIpc) is 3.16. The monoisotopic (exact) mass is 489 g/mol. The van der Waals surface area contributed by atoms with E-state index < -0.39 is 11.7 Å². The van der Waals surface area contributed by atoms with Crippen molar-refractivity contribution in [2.45, 2.75) is 51.3 Å². The summed E-state index contributed by atoms with van der Waals surface area (Å²) in [4.78, 5) is 8.68. The van der Waals surface area contributed by atoms with E-state index in [2.05, 4.69) is 10.3 Å². The number of alkyl halides is 3. The van der Waals surface area contributed by atoms with Gasteiger partial charge in [0.1, 0.15) is 12.4 Å². The summed E-state index contributed by atoms with van der Waals surface area (Å²) in [5.74, 6) is 2.82. The van der Waals surface area contributed by atoms with E-state index in [1.807, 2.05) is 18.3 Å². The van der Waals surface area contributed by atoms with Gasteiger partial charge in [0.15, 0.2) is 11.5 Å². The number of benzene rings is 1. The van der Waals surface area contributed by atoms with E-state index in [1.54, 1.807) is 0 Å². The van der Waals surface area contributed by atoms with Gasteiger partial charge >= 0.3 is 6.18 Å². The molecular formula is C26H30F3N3O3. The predicted molar refractivity (Wildman–Crippen MR) is 128 cm³/mol. The molecule has 188 valence electrons. The number of nitrogens with zero attached hydrogens (tertiary/aromatic N) is 2. The smallest absolute Gasteiger partial charge is 0.417 e. The fourth-order valence-electron chi connectivity index (χ4n) is 4.43. The molecule has 6 nitrogen and oxygen atoms in total. The number of halogens is 3. The molecule has 2 heterocycles. The van der Waals surface area contributed by atoms with Crippen LogP contribution in [0.1, 0.15) is 55.3 Å². The lowest BCUT2D eigenvalue weighted by Gasteiger charge is -2.22. The van der Waals surface area contributed by atoms with Gasteiger partial charge in [0.25, 0.3) is 0 Å². The first-order valence-corrected chi connectivity index (χ1v) is 11.8. The topological polar surface area (TPSA) is 65.0 Å². The number of rotatable bonds is 7. The summed E-state index contributed by atoms with van der Waals surface area (Å²) in [5.41, 5.74) is 1.43. The van der Waals surface area contributed by atoms with Crippen LogP contribution in [0.3, 0.4) is 0 Å². The van der Waals surface area contributed by atoms with Gasteiger partial charge < -0.3 is 19.5 Å². The van der Waals surface area contributed by atoms with Crippen LogP contribution in [-0.4, -0.2) is 31.6 Å². The molecule has 2 aromatic rings. The van der Waals surface area contributed by atoms with Crippen molar-refractivity contribution in [3.63, 3.8) is 0 Å². The molecule has 1 aromatic heterocycles. The first kappa shape index (κ1) is 24.9. The molecule has 0 unspecified atom stereocenters. The molecule has 1 aromatic carbocycles. The van der Waals surface area contributed by atoms with E-state index in [0.717, 1.165) is 29.2 Å². The molecule has 2 aliphatic rings. The summed E-state index contributed by atoms with van der Waals surface area (Å²) in [6, 6.07) is 5.96. The molecule has 4 rings (SSSR count). The quantitative estimate of drug-likeness (QED) is 0.483. The van der Waals surface area contributed by atoms with Gasteiger partial charge in [-0.15, -0.1) is 0 Å².